The van der Waals surface area contributed by atoms with Crippen LogP contribution in [-0.2, 0) is 12.8 Å². The second-order valence-corrected chi connectivity index (χ2v) is 8.60. The third-order valence-corrected chi connectivity index (χ3v) is 5.98. The number of imide groups is 1. The molecular weight excluding hydrogens is 468 g/mol. The monoisotopic (exact) mass is 490 g/mol. The topological polar surface area (TPSA) is 117 Å². The van der Waals surface area contributed by atoms with Gasteiger partial charge in [0, 0.05) is 29.5 Å². The number of aromatic amines is 2. The number of fused-ring (bicyclic) bond motifs is 5. The van der Waals surface area contributed by atoms with Crippen LogP contribution in [-0.4, -0.2) is 26.8 Å². The maximum Gasteiger partial charge on any atom is 0.258 e. The molecule has 2 amide bonds. The van der Waals surface area contributed by atoms with Crippen LogP contribution in [0.1, 0.15) is 43.7 Å². The molecule has 0 atom stereocenters. The molecule has 0 unspecified atom stereocenters. The van der Waals surface area contributed by atoms with Crippen LogP contribution < -0.4 is 5.32 Å². The first-order valence-electron chi connectivity index (χ1n) is 11.8. The van der Waals surface area contributed by atoms with Gasteiger partial charge in [-0.2, -0.15) is 0 Å². The van der Waals surface area contributed by atoms with Crippen molar-refractivity contribution in [1.29, 1.82) is 0 Å². The number of amides is 2. The van der Waals surface area contributed by atoms with Gasteiger partial charge in [-0.25, -0.2) is 0 Å². The van der Waals surface area contributed by atoms with E-state index in [1.807, 2.05) is 48.5 Å². The molecule has 1 aromatic heterocycles. The molecule has 0 spiro atoms. The summed E-state index contributed by atoms with van der Waals surface area (Å²) in [5, 5.41) is 3.86. The van der Waals surface area contributed by atoms with Crippen molar-refractivity contribution in [2.75, 3.05) is 0 Å². The lowest BCUT2D eigenvalue weighted by molar-refractivity contribution is 0.0879. The van der Waals surface area contributed by atoms with Gasteiger partial charge in [-0.05, 0) is 35.7 Å². The molecule has 0 saturated carbocycles. The minimum Gasteiger partial charge on any atom is -0.464 e. The minimum absolute atomic E-state index is 0.280. The Morgan fingerprint density at radius 1 is 0.730 bits per heavy atom. The number of nitrogens with one attached hydrogen (secondary N) is 3. The zero-order valence-electron chi connectivity index (χ0n) is 19.7. The van der Waals surface area contributed by atoms with Gasteiger partial charge in [-0.15, -0.1) is 0 Å². The highest BCUT2D eigenvalue weighted by atomic mass is 16.4. The number of carbonyl (C=O) groups is 2. The number of aromatic nitrogens is 3. The molecule has 2 heterocycles. The first-order chi connectivity index (χ1) is 18.2. The second-order valence-electron chi connectivity index (χ2n) is 8.60. The Morgan fingerprint density at radius 3 is 2.35 bits per heavy atom. The van der Waals surface area contributed by atoms with Crippen LogP contribution >= 0.6 is 0 Å². The molecule has 3 N–H and O–H groups in total. The Hall–Kier alpha value is -5.11. The molecule has 2 aliphatic carbocycles. The smallest absolute Gasteiger partial charge is 0.258 e. The van der Waals surface area contributed by atoms with E-state index >= 15 is 0 Å². The van der Waals surface area contributed by atoms with Gasteiger partial charge in [0.15, 0.2) is 0 Å². The molecule has 182 valence electrons. The van der Waals surface area contributed by atoms with Gasteiger partial charge in [0.25, 0.3) is 11.8 Å². The van der Waals surface area contributed by atoms with Gasteiger partial charge in [-0.1, -0.05) is 36.4 Å². The third-order valence-electron chi connectivity index (χ3n) is 5.98. The van der Waals surface area contributed by atoms with Crippen molar-refractivity contribution in [3.05, 3.63) is 126 Å². The number of nitrogens with zero attached hydrogens (tertiary/aromatic N) is 1. The molecule has 3 aromatic rings. The van der Waals surface area contributed by atoms with Gasteiger partial charge in [-0.3, -0.25) is 19.9 Å². The Kier molecular flexibility index (Phi) is 5.74. The highest BCUT2D eigenvalue weighted by molar-refractivity contribution is 6.22. The summed E-state index contributed by atoms with van der Waals surface area (Å²) in [6.45, 7) is 0. The van der Waals surface area contributed by atoms with E-state index in [0.29, 0.717) is 17.3 Å². The van der Waals surface area contributed by atoms with Crippen molar-refractivity contribution in [3.8, 4) is 0 Å². The molecule has 0 saturated heterocycles. The van der Waals surface area contributed by atoms with Gasteiger partial charge >= 0.3 is 0 Å². The van der Waals surface area contributed by atoms with Gasteiger partial charge in [0.2, 0.25) is 0 Å². The summed E-state index contributed by atoms with van der Waals surface area (Å²) in [6, 6.07) is 20.1. The first-order valence-corrected chi connectivity index (χ1v) is 11.8. The van der Waals surface area contributed by atoms with Crippen molar-refractivity contribution in [1.82, 2.24) is 20.3 Å². The Balaban J connectivity index is 1.62. The summed E-state index contributed by atoms with van der Waals surface area (Å²) >= 11 is 0. The van der Waals surface area contributed by atoms with Crippen molar-refractivity contribution in [3.63, 3.8) is 0 Å². The number of rotatable bonds is 0. The molecule has 0 radical (unpaired) electrons. The van der Waals surface area contributed by atoms with E-state index in [-0.39, 0.29) is 11.1 Å². The predicted octanol–water partition coefficient (Wildman–Crippen LogP) is 5.54. The molecule has 8 nitrogen and oxygen atoms in total. The van der Waals surface area contributed by atoms with E-state index in [0.717, 1.165) is 40.3 Å². The maximum absolute atomic E-state index is 12.7. The lowest BCUT2D eigenvalue weighted by Gasteiger charge is -1.95. The van der Waals surface area contributed by atoms with Crippen LogP contribution in [0.3, 0.4) is 0 Å². The van der Waals surface area contributed by atoms with Crippen LogP contribution in [0.15, 0.2) is 100 Å². The van der Waals surface area contributed by atoms with Crippen LogP contribution in [0.25, 0.3) is 21.8 Å². The number of para-hydroxylation sites is 2. The van der Waals surface area contributed by atoms with Crippen molar-refractivity contribution in [2.24, 2.45) is 0 Å². The predicted molar refractivity (Wildman–Crippen MR) is 138 cm³/mol. The van der Waals surface area contributed by atoms with E-state index in [9.17, 15) is 9.59 Å². The van der Waals surface area contributed by atoms with Crippen molar-refractivity contribution >= 4 is 33.6 Å². The van der Waals surface area contributed by atoms with E-state index in [2.05, 4.69) is 20.3 Å². The van der Waals surface area contributed by atoms with Gasteiger partial charge in [0.05, 0.1) is 35.2 Å². The van der Waals surface area contributed by atoms with Crippen molar-refractivity contribution < 1.29 is 18.4 Å². The maximum atomic E-state index is 12.7. The summed E-state index contributed by atoms with van der Waals surface area (Å²) in [7, 11) is 0. The quantitative estimate of drug-likeness (QED) is 0.246. The van der Waals surface area contributed by atoms with Crippen LogP contribution in [0.5, 0.6) is 0 Å². The highest BCUT2D eigenvalue weighted by Crippen LogP contribution is 2.30. The number of H-pyrrole nitrogens is 2. The Bertz CT molecular complexity index is 1770. The minimum atomic E-state index is -0.448. The molecule has 8 heteroatoms. The number of hydrogen-bond acceptors (Lipinski definition) is 5. The fourth-order valence-electron chi connectivity index (χ4n) is 3.91. The van der Waals surface area contributed by atoms with Crippen LogP contribution in [0, 0.1) is 0 Å². The Labute approximate surface area is 211 Å². The fraction of sp³-hybridized carbons (Fsp3) is 0.0690. The zero-order chi connectivity index (χ0) is 25.2. The summed E-state index contributed by atoms with van der Waals surface area (Å²) < 4.78 is 11.5. The average molecular weight is 491 g/mol. The lowest BCUT2D eigenvalue weighted by atomic mass is 10.1. The van der Waals surface area contributed by atoms with Crippen LogP contribution in [0.4, 0.5) is 0 Å². The molecule has 0 bridgehead atoms. The largest absolute Gasteiger partial charge is 0.464 e. The van der Waals surface area contributed by atoms with E-state index in [1.54, 1.807) is 43.1 Å². The normalized spacial score (nSPS) is 13.0. The van der Waals surface area contributed by atoms with E-state index in [4.69, 9.17) is 8.83 Å². The SMILES string of the molecule is O=C1NC(=O)c2cc3ccccc3[nH]ccoc3c(oc4c([nH]cccnc5ccccc5cc21)C4)C3. The summed E-state index contributed by atoms with van der Waals surface area (Å²) in [6.07, 6.45) is 8.11. The standard InChI is InChI=1S/C29H22N4O4/c34-28-20-14-18-6-1-3-8-22(18)30-10-5-11-31-24-16-25(24)37-27-17-26(27)36-13-12-32-23-9-4-2-7-19(23)15-21(20)29(35)33-28/h1-15,31-32H,16-17H2,(H,33,34,35). The molecule has 1 aliphatic heterocycles. The summed E-state index contributed by atoms with van der Waals surface area (Å²) in [5.74, 6) is 1.61. The molecule has 3 aliphatic rings. The Morgan fingerprint density at radius 2 is 1.49 bits per heavy atom. The lowest BCUT2D eigenvalue weighted by Crippen LogP contribution is -2.20. The molecular formula is C29H22N4O4. The molecule has 2 aromatic carbocycles. The zero-order valence-corrected chi connectivity index (χ0v) is 19.7. The third kappa shape index (κ3) is 4.99. The first kappa shape index (κ1) is 22.4. The summed E-state index contributed by atoms with van der Waals surface area (Å²) in [5.41, 5.74) is 2.99. The van der Waals surface area contributed by atoms with Crippen LogP contribution in [0.2, 0.25) is 0 Å². The number of hydrogen-bond donors (Lipinski definition) is 3. The molecule has 37 heavy (non-hydrogen) atoms. The molecule has 6 rings (SSSR count). The summed E-state index contributed by atoms with van der Waals surface area (Å²) in [4.78, 5) is 36.3. The number of carbonyl (C=O) groups excluding carboxylic acids is 2. The average Bonchev–Trinajstić information content (AvgIpc) is 3.81. The van der Waals surface area contributed by atoms with Crippen molar-refractivity contribution in [2.45, 2.75) is 12.8 Å². The molecule has 0 fully saturated rings. The highest BCUT2D eigenvalue weighted by Gasteiger charge is 2.27. The van der Waals surface area contributed by atoms with Gasteiger partial charge < -0.3 is 18.8 Å². The van der Waals surface area contributed by atoms with E-state index in [1.165, 1.54) is 0 Å². The van der Waals surface area contributed by atoms with Gasteiger partial charge in [0.1, 0.15) is 23.5 Å². The second kappa shape index (κ2) is 9.50. The van der Waals surface area contributed by atoms with E-state index < -0.39 is 11.8 Å². The fourth-order valence-corrected chi connectivity index (χ4v) is 3.91. The number of benzene rings is 2.